The van der Waals surface area contributed by atoms with E-state index < -0.39 is 10.0 Å². The molecule has 1 saturated heterocycles. The number of piperidine rings is 1. The summed E-state index contributed by atoms with van der Waals surface area (Å²) in [5.41, 5.74) is 0.849. The SMILES string of the molecule is CSc1cccc(NC(=O)Cn2c(=O)ccc3cc(S(=O)(=O)N4CCC(C)CC4)ccc32)c1. The van der Waals surface area contributed by atoms with E-state index in [1.165, 1.54) is 21.0 Å². The summed E-state index contributed by atoms with van der Waals surface area (Å²) in [4.78, 5) is 26.4. The maximum absolute atomic E-state index is 13.1. The Hall–Kier alpha value is -2.62. The lowest BCUT2D eigenvalue weighted by molar-refractivity contribution is -0.116. The van der Waals surface area contributed by atoms with E-state index in [4.69, 9.17) is 0 Å². The van der Waals surface area contributed by atoms with Crippen molar-refractivity contribution in [3.8, 4) is 0 Å². The number of pyridine rings is 1. The lowest BCUT2D eigenvalue weighted by Crippen LogP contribution is -2.37. The molecule has 7 nitrogen and oxygen atoms in total. The molecule has 0 radical (unpaired) electrons. The molecule has 0 atom stereocenters. The average molecular weight is 486 g/mol. The molecule has 1 aliphatic rings. The van der Waals surface area contributed by atoms with Gasteiger partial charge >= 0.3 is 0 Å². The molecule has 1 N–H and O–H groups in total. The molecule has 2 heterocycles. The number of carbonyl (C=O) groups excluding carboxylic acids is 1. The maximum atomic E-state index is 13.1. The summed E-state index contributed by atoms with van der Waals surface area (Å²) in [6.45, 7) is 2.99. The van der Waals surface area contributed by atoms with E-state index in [0.29, 0.717) is 35.6 Å². The minimum atomic E-state index is -3.61. The summed E-state index contributed by atoms with van der Waals surface area (Å²) >= 11 is 1.57. The van der Waals surface area contributed by atoms with Crippen molar-refractivity contribution in [3.05, 3.63) is 65.0 Å². The van der Waals surface area contributed by atoms with Crippen LogP contribution in [0.25, 0.3) is 10.9 Å². The van der Waals surface area contributed by atoms with Crippen molar-refractivity contribution in [1.29, 1.82) is 0 Å². The zero-order valence-electron chi connectivity index (χ0n) is 18.7. The Kier molecular flexibility index (Phi) is 6.92. The first kappa shape index (κ1) is 23.5. The number of hydrogen-bond donors (Lipinski definition) is 1. The summed E-state index contributed by atoms with van der Waals surface area (Å²) in [6.07, 6.45) is 3.65. The van der Waals surface area contributed by atoms with Gasteiger partial charge in [-0.25, -0.2) is 8.42 Å². The maximum Gasteiger partial charge on any atom is 0.251 e. The number of aromatic nitrogens is 1. The zero-order valence-corrected chi connectivity index (χ0v) is 20.3. The molecule has 0 spiro atoms. The summed E-state index contributed by atoms with van der Waals surface area (Å²) in [5, 5.41) is 3.42. The zero-order chi connectivity index (χ0) is 23.6. The summed E-state index contributed by atoms with van der Waals surface area (Å²) in [7, 11) is -3.61. The van der Waals surface area contributed by atoms with Gasteiger partial charge in [-0.05, 0) is 72.9 Å². The standard InChI is InChI=1S/C24H27N3O4S2/c1-17-10-12-26(13-11-17)33(30,31)21-7-8-22-18(14-21)6-9-24(29)27(22)16-23(28)25-19-4-3-5-20(15-19)32-2/h3-9,14-15,17H,10-13,16H2,1-2H3,(H,25,28). The smallest absolute Gasteiger partial charge is 0.251 e. The summed E-state index contributed by atoms with van der Waals surface area (Å²) in [5.74, 6) is 0.193. The van der Waals surface area contributed by atoms with Crippen molar-refractivity contribution in [2.75, 3.05) is 24.7 Å². The number of benzene rings is 2. The Morgan fingerprint density at radius 1 is 1.09 bits per heavy atom. The highest BCUT2D eigenvalue weighted by Crippen LogP contribution is 2.26. The van der Waals surface area contributed by atoms with E-state index in [0.717, 1.165) is 17.7 Å². The van der Waals surface area contributed by atoms with E-state index in [-0.39, 0.29) is 22.9 Å². The normalized spacial score (nSPS) is 15.6. The van der Waals surface area contributed by atoms with Crippen molar-refractivity contribution < 1.29 is 13.2 Å². The number of hydrogen-bond acceptors (Lipinski definition) is 5. The number of nitrogens with zero attached hydrogens (tertiary/aromatic N) is 2. The van der Waals surface area contributed by atoms with Crippen LogP contribution < -0.4 is 10.9 Å². The van der Waals surface area contributed by atoms with Gasteiger partial charge in [0.2, 0.25) is 15.9 Å². The minimum Gasteiger partial charge on any atom is -0.324 e. The van der Waals surface area contributed by atoms with Gasteiger partial charge in [0.05, 0.1) is 10.4 Å². The Bertz CT molecular complexity index is 1340. The molecule has 0 unspecified atom stereocenters. The second-order valence-corrected chi connectivity index (χ2v) is 11.2. The predicted molar refractivity (Wildman–Crippen MR) is 132 cm³/mol. The number of carbonyl (C=O) groups is 1. The number of amides is 1. The topological polar surface area (TPSA) is 88.5 Å². The van der Waals surface area contributed by atoms with Crippen LogP contribution in [0.15, 0.2) is 69.2 Å². The first-order valence-corrected chi connectivity index (χ1v) is 13.5. The van der Waals surface area contributed by atoms with E-state index in [2.05, 4.69) is 12.2 Å². The first-order valence-electron chi connectivity index (χ1n) is 10.9. The van der Waals surface area contributed by atoms with Gasteiger partial charge in [-0.1, -0.05) is 13.0 Å². The highest BCUT2D eigenvalue weighted by Gasteiger charge is 2.28. The molecule has 1 amide bonds. The van der Waals surface area contributed by atoms with Crippen LogP contribution in [0.2, 0.25) is 0 Å². The third-order valence-electron chi connectivity index (χ3n) is 6.00. The van der Waals surface area contributed by atoms with Crippen LogP contribution in [-0.2, 0) is 21.4 Å². The molecule has 2 aromatic carbocycles. The number of sulfonamides is 1. The molecule has 1 aromatic heterocycles. The van der Waals surface area contributed by atoms with Crippen molar-refractivity contribution >= 4 is 44.3 Å². The number of thioether (sulfide) groups is 1. The van der Waals surface area contributed by atoms with Gasteiger partial charge in [0, 0.05) is 29.7 Å². The number of nitrogens with one attached hydrogen (secondary N) is 1. The molecule has 174 valence electrons. The number of anilines is 1. The molecule has 1 aliphatic heterocycles. The second kappa shape index (κ2) is 9.70. The molecule has 9 heteroatoms. The monoisotopic (exact) mass is 485 g/mol. The lowest BCUT2D eigenvalue weighted by atomic mass is 10.0. The highest BCUT2D eigenvalue weighted by atomic mass is 32.2. The van der Waals surface area contributed by atoms with Gasteiger partial charge in [0.1, 0.15) is 6.54 Å². The summed E-state index contributed by atoms with van der Waals surface area (Å²) < 4.78 is 29.1. The summed E-state index contributed by atoms with van der Waals surface area (Å²) in [6, 6.07) is 15.1. The van der Waals surface area contributed by atoms with Gasteiger partial charge in [-0.15, -0.1) is 11.8 Å². The van der Waals surface area contributed by atoms with Crippen LogP contribution in [-0.4, -0.2) is 42.5 Å². The van der Waals surface area contributed by atoms with Crippen molar-refractivity contribution in [2.45, 2.75) is 36.1 Å². The van der Waals surface area contributed by atoms with Crippen LogP contribution in [0, 0.1) is 5.92 Å². The molecular formula is C24H27N3O4S2. The van der Waals surface area contributed by atoms with Crippen molar-refractivity contribution in [3.63, 3.8) is 0 Å². The van der Waals surface area contributed by atoms with Crippen LogP contribution in [0.1, 0.15) is 19.8 Å². The van der Waals surface area contributed by atoms with Crippen LogP contribution >= 0.6 is 11.8 Å². The van der Waals surface area contributed by atoms with Gasteiger partial charge in [-0.2, -0.15) is 4.31 Å². The van der Waals surface area contributed by atoms with Crippen LogP contribution in [0.5, 0.6) is 0 Å². The number of rotatable bonds is 6. The molecule has 3 aromatic rings. The minimum absolute atomic E-state index is 0.171. The van der Waals surface area contributed by atoms with E-state index >= 15 is 0 Å². The van der Waals surface area contributed by atoms with Crippen LogP contribution in [0.4, 0.5) is 5.69 Å². The molecule has 0 bridgehead atoms. The average Bonchev–Trinajstić information content (AvgIpc) is 2.81. The molecule has 0 saturated carbocycles. The van der Waals surface area contributed by atoms with Crippen LogP contribution in [0.3, 0.4) is 0 Å². The Morgan fingerprint density at radius 3 is 2.58 bits per heavy atom. The Morgan fingerprint density at radius 2 is 1.85 bits per heavy atom. The lowest BCUT2D eigenvalue weighted by Gasteiger charge is -2.29. The predicted octanol–water partition coefficient (Wildman–Crippen LogP) is 3.78. The van der Waals surface area contributed by atoms with Crippen molar-refractivity contribution in [1.82, 2.24) is 8.87 Å². The van der Waals surface area contributed by atoms with Gasteiger partial charge < -0.3 is 5.32 Å². The third kappa shape index (κ3) is 5.15. The van der Waals surface area contributed by atoms with Gasteiger partial charge in [-0.3, -0.25) is 14.2 Å². The van der Waals surface area contributed by atoms with E-state index in [1.54, 1.807) is 36.0 Å². The second-order valence-electron chi connectivity index (χ2n) is 8.35. The third-order valence-corrected chi connectivity index (χ3v) is 8.62. The molecular weight excluding hydrogens is 458 g/mol. The van der Waals surface area contributed by atoms with Crippen molar-refractivity contribution in [2.24, 2.45) is 5.92 Å². The highest BCUT2D eigenvalue weighted by molar-refractivity contribution is 7.98. The van der Waals surface area contributed by atoms with Gasteiger partial charge in [0.15, 0.2) is 0 Å². The van der Waals surface area contributed by atoms with Gasteiger partial charge in [0.25, 0.3) is 5.56 Å². The molecule has 33 heavy (non-hydrogen) atoms. The fourth-order valence-electron chi connectivity index (χ4n) is 4.02. The molecule has 1 fully saturated rings. The largest absolute Gasteiger partial charge is 0.324 e. The molecule has 4 rings (SSSR count). The quantitative estimate of drug-likeness (QED) is 0.537. The van der Waals surface area contributed by atoms with E-state index in [1.807, 2.05) is 24.5 Å². The fraction of sp³-hybridized carbons (Fsp3) is 0.333. The Labute approximate surface area is 197 Å². The number of fused-ring (bicyclic) bond motifs is 1. The van der Waals surface area contributed by atoms with E-state index in [9.17, 15) is 18.0 Å². The first-order chi connectivity index (χ1) is 15.8. The fourth-order valence-corrected chi connectivity index (χ4v) is 5.99. The molecule has 0 aliphatic carbocycles. The Balaban J connectivity index is 1.60.